The van der Waals surface area contributed by atoms with Crippen LogP contribution in [0.1, 0.15) is 5.56 Å². The first kappa shape index (κ1) is 14.5. The summed E-state index contributed by atoms with van der Waals surface area (Å²) in [5.74, 6) is 0.882. The summed E-state index contributed by atoms with van der Waals surface area (Å²) in [5, 5.41) is 4.60. The van der Waals surface area contributed by atoms with Crippen LogP contribution >= 0.6 is 0 Å². The molecule has 0 unspecified atom stereocenters. The molecular weight excluding hydrogens is 294 g/mol. The van der Waals surface area contributed by atoms with Gasteiger partial charge in [0.25, 0.3) is 0 Å². The van der Waals surface area contributed by atoms with E-state index in [0.29, 0.717) is 0 Å². The maximum Gasteiger partial charge on any atom is 0.126 e. The number of ether oxygens (including phenoxy) is 1. The molecule has 0 radical (unpaired) electrons. The van der Waals surface area contributed by atoms with Gasteiger partial charge in [0.1, 0.15) is 5.75 Å². The summed E-state index contributed by atoms with van der Waals surface area (Å²) in [6.07, 6.45) is 1.93. The molecule has 0 spiro atoms. The number of benzene rings is 4. The van der Waals surface area contributed by atoms with Crippen molar-refractivity contribution in [2.45, 2.75) is 0 Å². The topological polar surface area (TPSA) is 21.6 Å². The van der Waals surface area contributed by atoms with E-state index in [4.69, 9.17) is 9.73 Å². The molecule has 2 heteroatoms. The van der Waals surface area contributed by atoms with Crippen molar-refractivity contribution in [1.82, 2.24) is 0 Å². The molecule has 4 aromatic rings. The van der Waals surface area contributed by atoms with Crippen LogP contribution in [0.4, 0.5) is 5.69 Å². The fourth-order valence-corrected chi connectivity index (χ4v) is 3.06. The minimum Gasteiger partial charge on any atom is -0.496 e. The van der Waals surface area contributed by atoms with Gasteiger partial charge in [-0.15, -0.1) is 0 Å². The van der Waals surface area contributed by atoms with Crippen molar-refractivity contribution >= 4 is 33.4 Å². The number of methoxy groups -OCH3 is 1. The molecular formula is C22H17NO. The van der Waals surface area contributed by atoms with E-state index in [9.17, 15) is 0 Å². The number of hydrogen-bond acceptors (Lipinski definition) is 2. The number of rotatable bonds is 3. The Morgan fingerprint density at radius 2 is 1.42 bits per heavy atom. The van der Waals surface area contributed by atoms with E-state index in [2.05, 4.69) is 36.4 Å². The highest BCUT2D eigenvalue weighted by molar-refractivity contribution is 6.03. The largest absolute Gasteiger partial charge is 0.496 e. The molecule has 116 valence electrons. The highest BCUT2D eigenvalue weighted by Gasteiger charge is 2.04. The van der Waals surface area contributed by atoms with Crippen LogP contribution in [0.3, 0.4) is 0 Å². The van der Waals surface area contributed by atoms with Gasteiger partial charge in [-0.2, -0.15) is 0 Å². The SMILES string of the molecule is COc1cccc2c(C=Nc3cccc4ccccc34)cccc12. The molecule has 0 saturated heterocycles. The summed E-state index contributed by atoms with van der Waals surface area (Å²) in [6.45, 7) is 0. The van der Waals surface area contributed by atoms with E-state index in [1.54, 1.807) is 7.11 Å². The van der Waals surface area contributed by atoms with Crippen LogP contribution in [0, 0.1) is 0 Å². The Hall–Kier alpha value is -3.13. The zero-order valence-electron chi connectivity index (χ0n) is 13.4. The number of nitrogens with zero attached hydrogens (tertiary/aromatic N) is 1. The van der Waals surface area contributed by atoms with Crippen molar-refractivity contribution in [3.63, 3.8) is 0 Å². The molecule has 0 saturated carbocycles. The normalized spacial score (nSPS) is 11.4. The molecule has 0 aromatic heterocycles. The molecule has 0 aliphatic rings. The summed E-state index contributed by atoms with van der Waals surface area (Å²) in [6, 6.07) is 26.8. The number of hydrogen-bond donors (Lipinski definition) is 0. The molecule has 0 aliphatic carbocycles. The first-order valence-electron chi connectivity index (χ1n) is 7.94. The first-order valence-corrected chi connectivity index (χ1v) is 7.94. The van der Waals surface area contributed by atoms with Crippen LogP contribution in [0.2, 0.25) is 0 Å². The molecule has 0 bridgehead atoms. The fourth-order valence-electron chi connectivity index (χ4n) is 3.06. The van der Waals surface area contributed by atoms with Crippen LogP contribution in [0.15, 0.2) is 83.9 Å². The Kier molecular flexibility index (Phi) is 3.72. The van der Waals surface area contributed by atoms with Crippen LogP contribution in [0.25, 0.3) is 21.5 Å². The monoisotopic (exact) mass is 311 g/mol. The molecule has 0 aliphatic heterocycles. The lowest BCUT2D eigenvalue weighted by molar-refractivity contribution is 0.420. The second-order valence-electron chi connectivity index (χ2n) is 5.66. The zero-order chi connectivity index (χ0) is 16.4. The summed E-state index contributed by atoms with van der Waals surface area (Å²) in [5.41, 5.74) is 2.06. The van der Waals surface area contributed by atoms with Crippen LogP contribution in [-0.2, 0) is 0 Å². The average Bonchev–Trinajstić information content (AvgIpc) is 2.65. The predicted octanol–water partition coefficient (Wildman–Crippen LogP) is 5.75. The van der Waals surface area contributed by atoms with E-state index in [1.807, 2.05) is 48.7 Å². The highest BCUT2D eigenvalue weighted by Crippen LogP contribution is 2.29. The van der Waals surface area contributed by atoms with Crippen LogP contribution in [-0.4, -0.2) is 13.3 Å². The van der Waals surface area contributed by atoms with Gasteiger partial charge in [-0.05, 0) is 22.9 Å². The van der Waals surface area contributed by atoms with E-state index < -0.39 is 0 Å². The molecule has 0 atom stereocenters. The Bertz CT molecular complexity index is 1040. The van der Waals surface area contributed by atoms with Gasteiger partial charge < -0.3 is 4.74 Å². The van der Waals surface area contributed by atoms with Gasteiger partial charge in [0.05, 0.1) is 12.8 Å². The summed E-state index contributed by atoms with van der Waals surface area (Å²) in [4.78, 5) is 4.74. The van der Waals surface area contributed by atoms with Crippen molar-refractivity contribution < 1.29 is 4.74 Å². The van der Waals surface area contributed by atoms with Crippen molar-refractivity contribution in [2.24, 2.45) is 4.99 Å². The van der Waals surface area contributed by atoms with E-state index in [0.717, 1.165) is 33.2 Å². The van der Waals surface area contributed by atoms with Crippen molar-refractivity contribution in [1.29, 1.82) is 0 Å². The maximum absolute atomic E-state index is 5.46. The van der Waals surface area contributed by atoms with Gasteiger partial charge >= 0.3 is 0 Å². The lowest BCUT2D eigenvalue weighted by Gasteiger charge is -2.07. The van der Waals surface area contributed by atoms with Gasteiger partial charge in [-0.3, -0.25) is 4.99 Å². The van der Waals surface area contributed by atoms with Gasteiger partial charge in [0, 0.05) is 22.6 Å². The molecule has 24 heavy (non-hydrogen) atoms. The van der Waals surface area contributed by atoms with Crippen molar-refractivity contribution in [3.8, 4) is 5.75 Å². The molecule has 4 rings (SSSR count). The highest BCUT2D eigenvalue weighted by atomic mass is 16.5. The smallest absolute Gasteiger partial charge is 0.126 e. The van der Waals surface area contributed by atoms with Gasteiger partial charge in [0.15, 0.2) is 0 Å². The van der Waals surface area contributed by atoms with Gasteiger partial charge in [-0.1, -0.05) is 66.7 Å². The second-order valence-corrected chi connectivity index (χ2v) is 5.66. The quantitative estimate of drug-likeness (QED) is 0.441. The van der Waals surface area contributed by atoms with E-state index in [1.165, 1.54) is 5.39 Å². The Balaban J connectivity index is 1.83. The Morgan fingerprint density at radius 3 is 2.33 bits per heavy atom. The van der Waals surface area contributed by atoms with Crippen molar-refractivity contribution in [2.75, 3.05) is 7.11 Å². The minimum atomic E-state index is 0.882. The molecule has 0 heterocycles. The number of aliphatic imine (C=N–C) groups is 1. The molecule has 0 N–H and O–H groups in total. The molecule has 2 nitrogen and oxygen atoms in total. The summed E-state index contributed by atoms with van der Waals surface area (Å²) in [7, 11) is 1.70. The third-order valence-electron chi connectivity index (χ3n) is 4.25. The first-order chi connectivity index (χ1) is 11.9. The Morgan fingerprint density at radius 1 is 0.708 bits per heavy atom. The third-order valence-corrected chi connectivity index (χ3v) is 4.25. The lowest BCUT2D eigenvalue weighted by Crippen LogP contribution is -1.88. The zero-order valence-corrected chi connectivity index (χ0v) is 13.4. The standard InChI is InChI=1S/C22H17NO/c1-24-22-14-6-11-18-17(9-4-12-20(18)22)15-23-21-13-5-8-16-7-2-3-10-19(16)21/h2-15H,1H3. The maximum atomic E-state index is 5.46. The fraction of sp³-hybridized carbons (Fsp3) is 0.0455. The molecule has 0 fully saturated rings. The number of fused-ring (bicyclic) bond motifs is 2. The van der Waals surface area contributed by atoms with E-state index >= 15 is 0 Å². The second kappa shape index (κ2) is 6.17. The average molecular weight is 311 g/mol. The van der Waals surface area contributed by atoms with E-state index in [-0.39, 0.29) is 0 Å². The van der Waals surface area contributed by atoms with Crippen LogP contribution < -0.4 is 4.74 Å². The predicted molar refractivity (Wildman–Crippen MR) is 102 cm³/mol. The summed E-state index contributed by atoms with van der Waals surface area (Å²) < 4.78 is 5.46. The lowest BCUT2D eigenvalue weighted by atomic mass is 10.0. The minimum absolute atomic E-state index is 0.882. The third kappa shape index (κ3) is 2.52. The van der Waals surface area contributed by atoms with Crippen molar-refractivity contribution in [3.05, 3.63) is 84.4 Å². The van der Waals surface area contributed by atoms with Crippen LogP contribution in [0.5, 0.6) is 5.75 Å². The van der Waals surface area contributed by atoms with Gasteiger partial charge in [-0.25, -0.2) is 0 Å². The molecule has 4 aromatic carbocycles. The van der Waals surface area contributed by atoms with Gasteiger partial charge in [0.2, 0.25) is 0 Å². The Labute approximate surface area is 141 Å². The summed E-state index contributed by atoms with van der Waals surface area (Å²) >= 11 is 0. The molecule has 0 amide bonds.